The van der Waals surface area contributed by atoms with Crippen molar-refractivity contribution in [3.05, 3.63) is 29.8 Å². The summed E-state index contributed by atoms with van der Waals surface area (Å²) in [5.41, 5.74) is 7.33. The van der Waals surface area contributed by atoms with Crippen molar-refractivity contribution in [2.45, 2.75) is 12.5 Å². The summed E-state index contributed by atoms with van der Waals surface area (Å²) >= 11 is 0. The van der Waals surface area contributed by atoms with Gasteiger partial charge < -0.3 is 15.2 Å². The SMILES string of the molecule is COc1ccc(C(N)C2CCOC2)cc1. The summed E-state index contributed by atoms with van der Waals surface area (Å²) < 4.78 is 10.4. The summed E-state index contributed by atoms with van der Waals surface area (Å²) in [6.07, 6.45) is 1.06. The van der Waals surface area contributed by atoms with Crippen LogP contribution in [0, 0.1) is 5.92 Å². The molecule has 3 nitrogen and oxygen atoms in total. The van der Waals surface area contributed by atoms with Gasteiger partial charge in [0.05, 0.1) is 13.7 Å². The van der Waals surface area contributed by atoms with Crippen molar-refractivity contribution in [1.29, 1.82) is 0 Å². The number of rotatable bonds is 3. The predicted molar refractivity (Wildman–Crippen MR) is 58.8 cm³/mol. The average molecular weight is 207 g/mol. The van der Waals surface area contributed by atoms with Crippen molar-refractivity contribution in [3.8, 4) is 5.75 Å². The maximum absolute atomic E-state index is 6.17. The highest BCUT2D eigenvalue weighted by molar-refractivity contribution is 5.29. The summed E-state index contributed by atoms with van der Waals surface area (Å²) in [6.45, 7) is 1.63. The average Bonchev–Trinajstić information content (AvgIpc) is 2.82. The van der Waals surface area contributed by atoms with Gasteiger partial charge in [0.25, 0.3) is 0 Å². The molecule has 0 saturated carbocycles. The Kier molecular flexibility index (Phi) is 3.23. The van der Waals surface area contributed by atoms with Crippen LogP contribution in [0.15, 0.2) is 24.3 Å². The number of nitrogens with two attached hydrogens (primary N) is 1. The van der Waals surface area contributed by atoms with Crippen molar-refractivity contribution in [3.63, 3.8) is 0 Å². The molecule has 2 rings (SSSR count). The number of ether oxygens (including phenoxy) is 2. The molecule has 1 aromatic carbocycles. The third kappa shape index (κ3) is 2.30. The molecule has 0 spiro atoms. The van der Waals surface area contributed by atoms with Crippen LogP contribution >= 0.6 is 0 Å². The molecule has 0 bridgehead atoms. The van der Waals surface area contributed by atoms with Crippen molar-refractivity contribution in [2.75, 3.05) is 20.3 Å². The maximum atomic E-state index is 6.17. The van der Waals surface area contributed by atoms with Crippen LogP contribution in [0.2, 0.25) is 0 Å². The molecule has 15 heavy (non-hydrogen) atoms. The molecule has 82 valence electrons. The van der Waals surface area contributed by atoms with Gasteiger partial charge in [-0.05, 0) is 24.1 Å². The first-order valence-corrected chi connectivity index (χ1v) is 5.28. The summed E-state index contributed by atoms with van der Waals surface area (Å²) in [5, 5.41) is 0. The van der Waals surface area contributed by atoms with Crippen LogP contribution in [0.25, 0.3) is 0 Å². The van der Waals surface area contributed by atoms with Crippen LogP contribution in [0.5, 0.6) is 5.75 Å². The standard InChI is InChI=1S/C12H17NO2/c1-14-11-4-2-9(3-5-11)12(13)10-6-7-15-8-10/h2-5,10,12H,6-8,13H2,1H3. The third-order valence-corrected chi connectivity index (χ3v) is 2.97. The zero-order chi connectivity index (χ0) is 10.7. The minimum Gasteiger partial charge on any atom is -0.497 e. The quantitative estimate of drug-likeness (QED) is 0.821. The minimum atomic E-state index is 0.0819. The molecule has 1 aliphatic heterocycles. The summed E-state index contributed by atoms with van der Waals surface area (Å²) in [7, 11) is 1.67. The van der Waals surface area contributed by atoms with Gasteiger partial charge in [0, 0.05) is 18.6 Å². The van der Waals surface area contributed by atoms with Gasteiger partial charge in [0.1, 0.15) is 5.75 Å². The summed E-state index contributed by atoms with van der Waals surface area (Å²) in [4.78, 5) is 0. The number of hydrogen-bond donors (Lipinski definition) is 1. The van der Waals surface area contributed by atoms with Crippen molar-refractivity contribution < 1.29 is 9.47 Å². The van der Waals surface area contributed by atoms with E-state index in [1.807, 2.05) is 24.3 Å². The second-order valence-electron chi connectivity index (χ2n) is 3.92. The van der Waals surface area contributed by atoms with Crippen LogP contribution in [0.3, 0.4) is 0 Å². The summed E-state index contributed by atoms with van der Waals surface area (Å²) in [5.74, 6) is 1.33. The molecule has 0 radical (unpaired) electrons. The predicted octanol–water partition coefficient (Wildman–Crippen LogP) is 1.73. The molecule has 1 saturated heterocycles. The van der Waals surface area contributed by atoms with Crippen LogP contribution in [0.4, 0.5) is 0 Å². The molecular formula is C12H17NO2. The lowest BCUT2D eigenvalue weighted by atomic mass is 9.93. The topological polar surface area (TPSA) is 44.5 Å². The lowest BCUT2D eigenvalue weighted by Crippen LogP contribution is -2.21. The lowest BCUT2D eigenvalue weighted by Gasteiger charge is -2.18. The Morgan fingerprint density at radius 2 is 2.13 bits per heavy atom. The zero-order valence-corrected chi connectivity index (χ0v) is 8.98. The third-order valence-electron chi connectivity index (χ3n) is 2.97. The Hall–Kier alpha value is -1.06. The van der Waals surface area contributed by atoms with E-state index in [4.69, 9.17) is 15.2 Å². The van der Waals surface area contributed by atoms with E-state index in [1.54, 1.807) is 7.11 Å². The second kappa shape index (κ2) is 4.64. The van der Waals surface area contributed by atoms with Gasteiger partial charge in [0.2, 0.25) is 0 Å². The monoisotopic (exact) mass is 207 g/mol. The second-order valence-corrected chi connectivity index (χ2v) is 3.92. The van der Waals surface area contributed by atoms with E-state index in [0.717, 1.165) is 30.9 Å². The number of benzene rings is 1. The van der Waals surface area contributed by atoms with E-state index >= 15 is 0 Å². The molecule has 2 atom stereocenters. The van der Waals surface area contributed by atoms with Gasteiger partial charge in [0.15, 0.2) is 0 Å². The molecule has 2 N–H and O–H groups in total. The first kappa shape index (κ1) is 10.5. The molecule has 1 aliphatic rings. The first-order valence-electron chi connectivity index (χ1n) is 5.28. The Morgan fingerprint density at radius 3 is 2.67 bits per heavy atom. The van der Waals surface area contributed by atoms with E-state index < -0.39 is 0 Å². The Bertz CT molecular complexity index is 304. The highest BCUT2D eigenvalue weighted by Gasteiger charge is 2.23. The van der Waals surface area contributed by atoms with Crippen LogP contribution in [-0.2, 0) is 4.74 Å². The Morgan fingerprint density at radius 1 is 1.40 bits per heavy atom. The smallest absolute Gasteiger partial charge is 0.118 e. The molecule has 0 amide bonds. The minimum absolute atomic E-state index is 0.0819. The van der Waals surface area contributed by atoms with Crippen LogP contribution < -0.4 is 10.5 Å². The zero-order valence-electron chi connectivity index (χ0n) is 8.98. The molecular weight excluding hydrogens is 190 g/mol. The van der Waals surface area contributed by atoms with Gasteiger partial charge in [-0.2, -0.15) is 0 Å². The molecule has 1 heterocycles. The van der Waals surface area contributed by atoms with E-state index in [2.05, 4.69) is 0 Å². The molecule has 1 aromatic rings. The number of hydrogen-bond acceptors (Lipinski definition) is 3. The van der Waals surface area contributed by atoms with Gasteiger partial charge in [-0.25, -0.2) is 0 Å². The van der Waals surface area contributed by atoms with Gasteiger partial charge in [-0.1, -0.05) is 12.1 Å². The van der Waals surface area contributed by atoms with Gasteiger partial charge in [-0.15, -0.1) is 0 Å². The van der Waals surface area contributed by atoms with Crippen molar-refractivity contribution >= 4 is 0 Å². The van der Waals surface area contributed by atoms with Gasteiger partial charge >= 0.3 is 0 Å². The van der Waals surface area contributed by atoms with E-state index in [9.17, 15) is 0 Å². The number of methoxy groups -OCH3 is 1. The normalized spacial score (nSPS) is 22.7. The largest absolute Gasteiger partial charge is 0.497 e. The Labute approximate surface area is 90.2 Å². The molecule has 3 heteroatoms. The lowest BCUT2D eigenvalue weighted by molar-refractivity contribution is 0.181. The molecule has 2 unspecified atom stereocenters. The highest BCUT2D eigenvalue weighted by atomic mass is 16.5. The van der Waals surface area contributed by atoms with E-state index in [0.29, 0.717) is 5.92 Å². The van der Waals surface area contributed by atoms with E-state index in [-0.39, 0.29) is 6.04 Å². The molecule has 0 aromatic heterocycles. The fourth-order valence-corrected chi connectivity index (χ4v) is 1.93. The van der Waals surface area contributed by atoms with Crippen molar-refractivity contribution in [1.82, 2.24) is 0 Å². The fraction of sp³-hybridized carbons (Fsp3) is 0.500. The fourth-order valence-electron chi connectivity index (χ4n) is 1.93. The molecule has 0 aliphatic carbocycles. The Balaban J connectivity index is 2.07. The van der Waals surface area contributed by atoms with Crippen LogP contribution in [-0.4, -0.2) is 20.3 Å². The van der Waals surface area contributed by atoms with Crippen molar-refractivity contribution in [2.24, 2.45) is 11.7 Å². The van der Waals surface area contributed by atoms with Gasteiger partial charge in [-0.3, -0.25) is 0 Å². The van der Waals surface area contributed by atoms with E-state index in [1.165, 1.54) is 0 Å². The highest BCUT2D eigenvalue weighted by Crippen LogP contribution is 2.27. The molecule has 1 fully saturated rings. The van der Waals surface area contributed by atoms with Crippen LogP contribution in [0.1, 0.15) is 18.0 Å². The summed E-state index contributed by atoms with van der Waals surface area (Å²) in [6, 6.07) is 8.04. The maximum Gasteiger partial charge on any atom is 0.118 e. The first-order chi connectivity index (χ1) is 7.31.